The summed E-state index contributed by atoms with van der Waals surface area (Å²) in [4.78, 5) is 0. The van der Waals surface area contributed by atoms with Crippen LogP contribution >= 0.6 is 0 Å². The Morgan fingerprint density at radius 1 is 0.947 bits per heavy atom. The highest BCUT2D eigenvalue weighted by Gasteiger charge is 1.91. The van der Waals surface area contributed by atoms with Crippen molar-refractivity contribution in [2.45, 2.75) is 46.6 Å². The Bertz CT molecular complexity index is 240. The molecule has 1 aromatic rings. The van der Waals surface area contributed by atoms with Crippen LogP contribution in [0.5, 0.6) is 0 Å². The molecule has 3 heteroatoms. The molecule has 0 unspecified atom stereocenters. The van der Waals surface area contributed by atoms with Gasteiger partial charge in [-0.25, -0.2) is 0 Å². The molecular weight excluding hydrogens is 236 g/mol. The van der Waals surface area contributed by atoms with Crippen molar-refractivity contribution in [3.8, 4) is 0 Å². The highest BCUT2D eigenvalue weighted by atomic mass is 16.5. The zero-order valence-corrected chi connectivity index (χ0v) is 12.9. The Hall–Kier alpha value is -0.900. The van der Waals surface area contributed by atoms with Gasteiger partial charge in [-0.05, 0) is 37.9 Å². The molecule has 0 heterocycles. The van der Waals surface area contributed by atoms with Gasteiger partial charge in [-0.1, -0.05) is 51.1 Å². The van der Waals surface area contributed by atoms with E-state index in [-0.39, 0.29) is 0 Å². The van der Waals surface area contributed by atoms with Gasteiger partial charge in [0, 0.05) is 6.61 Å². The first-order valence-corrected chi connectivity index (χ1v) is 7.37. The van der Waals surface area contributed by atoms with Crippen LogP contribution in [0, 0.1) is 0 Å². The number of ether oxygens (including phenoxy) is 1. The molecule has 0 atom stereocenters. The summed E-state index contributed by atoms with van der Waals surface area (Å²) in [6.45, 7) is 9.01. The third kappa shape index (κ3) is 17.1. The van der Waals surface area contributed by atoms with Crippen molar-refractivity contribution >= 4 is 0 Å². The molecule has 0 fully saturated rings. The third-order valence-corrected chi connectivity index (χ3v) is 2.10. The molecule has 1 rings (SSSR count). The zero-order chi connectivity index (χ0) is 14.8. The van der Waals surface area contributed by atoms with E-state index in [2.05, 4.69) is 12.1 Å². The van der Waals surface area contributed by atoms with Crippen LogP contribution in [0.4, 0.5) is 0 Å². The Balaban J connectivity index is 0. The first kappa shape index (κ1) is 20.4. The molecule has 0 saturated carbocycles. The first-order valence-electron chi connectivity index (χ1n) is 7.37. The lowest BCUT2D eigenvalue weighted by molar-refractivity contribution is 0.117. The number of benzene rings is 1. The normalized spacial score (nSPS) is 8.89. The summed E-state index contributed by atoms with van der Waals surface area (Å²) in [5, 5.41) is 0. The number of hydrogen-bond acceptors (Lipinski definition) is 3. The first-order chi connectivity index (χ1) is 9.35. The van der Waals surface area contributed by atoms with Gasteiger partial charge in [0.05, 0.1) is 6.61 Å². The molecule has 0 spiro atoms. The quantitative estimate of drug-likeness (QED) is 0.746. The van der Waals surface area contributed by atoms with E-state index in [4.69, 9.17) is 16.2 Å². The van der Waals surface area contributed by atoms with Gasteiger partial charge in [0.15, 0.2) is 0 Å². The van der Waals surface area contributed by atoms with Crippen LogP contribution in [0.25, 0.3) is 0 Å². The monoisotopic (exact) mass is 268 g/mol. The smallest absolute Gasteiger partial charge is 0.0716 e. The molecule has 4 N–H and O–H groups in total. The highest BCUT2D eigenvalue weighted by Crippen LogP contribution is 2.01. The molecule has 1 aromatic carbocycles. The van der Waals surface area contributed by atoms with Crippen molar-refractivity contribution < 1.29 is 4.74 Å². The minimum Gasteiger partial charge on any atom is -0.377 e. The lowest BCUT2D eigenvalue weighted by Crippen LogP contribution is -2.00. The lowest BCUT2D eigenvalue weighted by Gasteiger charge is -2.03. The van der Waals surface area contributed by atoms with Gasteiger partial charge >= 0.3 is 0 Å². The Morgan fingerprint density at radius 3 is 2.05 bits per heavy atom. The van der Waals surface area contributed by atoms with Crippen LogP contribution in [-0.2, 0) is 11.3 Å². The summed E-state index contributed by atoms with van der Waals surface area (Å²) in [6.07, 6.45) is 3.39. The molecule has 0 aliphatic carbocycles. The highest BCUT2D eigenvalue weighted by molar-refractivity contribution is 5.13. The standard InChI is InChI=1S/C12H19NO.C2H7N.C2H6/c13-9-5-2-6-10-14-11-12-7-3-1-4-8-12;1-2-3;1-2/h1,3-4,7-8H,2,5-6,9-11,13H2;2-3H2,1H3;1-2H3. The van der Waals surface area contributed by atoms with Crippen molar-refractivity contribution in [3.63, 3.8) is 0 Å². The summed E-state index contributed by atoms with van der Waals surface area (Å²) >= 11 is 0. The van der Waals surface area contributed by atoms with Crippen LogP contribution in [0.2, 0.25) is 0 Å². The molecule has 0 amide bonds. The van der Waals surface area contributed by atoms with E-state index in [9.17, 15) is 0 Å². The predicted octanol–water partition coefficient (Wildman–Crippen LogP) is 3.32. The summed E-state index contributed by atoms with van der Waals surface area (Å²) < 4.78 is 5.53. The number of nitrogens with two attached hydrogens (primary N) is 2. The van der Waals surface area contributed by atoms with Crippen LogP contribution < -0.4 is 11.5 Å². The topological polar surface area (TPSA) is 61.3 Å². The van der Waals surface area contributed by atoms with Crippen molar-refractivity contribution in [1.29, 1.82) is 0 Å². The van der Waals surface area contributed by atoms with Gasteiger partial charge in [-0.15, -0.1) is 0 Å². The predicted molar refractivity (Wildman–Crippen MR) is 85.1 cm³/mol. The molecule has 0 aliphatic rings. The molecular formula is C16H32N2O. The number of rotatable bonds is 7. The van der Waals surface area contributed by atoms with Crippen LogP contribution in [0.3, 0.4) is 0 Å². The fraction of sp³-hybridized carbons (Fsp3) is 0.625. The van der Waals surface area contributed by atoms with E-state index in [1.807, 2.05) is 39.0 Å². The summed E-state index contributed by atoms with van der Waals surface area (Å²) in [5.41, 5.74) is 11.5. The van der Waals surface area contributed by atoms with Crippen LogP contribution in [0.15, 0.2) is 30.3 Å². The molecule has 0 aliphatic heterocycles. The zero-order valence-electron chi connectivity index (χ0n) is 12.9. The maximum absolute atomic E-state index is 5.53. The molecule has 0 saturated heterocycles. The van der Waals surface area contributed by atoms with Crippen LogP contribution in [-0.4, -0.2) is 19.7 Å². The maximum Gasteiger partial charge on any atom is 0.0716 e. The van der Waals surface area contributed by atoms with Gasteiger partial charge in [0.2, 0.25) is 0 Å². The molecule has 0 bridgehead atoms. The number of unbranched alkanes of at least 4 members (excludes halogenated alkanes) is 2. The average molecular weight is 268 g/mol. The summed E-state index contributed by atoms with van der Waals surface area (Å²) in [7, 11) is 0. The van der Waals surface area contributed by atoms with Gasteiger partial charge in [-0.3, -0.25) is 0 Å². The average Bonchev–Trinajstić information content (AvgIpc) is 2.47. The molecule has 19 heavy (non-hydrogen) atoms. The maximum atomic E-state index is 5.53. The third-order valence-electron chi connectivity index (χ3n) is 2.10. The van der Waals surface area contributed by atoms with Crippen molar-refractivity contribution in [2.24, 2.45) is 11.5 Å². The van der Waals surface area contributed by atoms with E-state index in [0.717, 1.165) is 39.1 Å². The van der Waals surface area contributed by atoms with Gasteiger partial charge < -0.3 is 16.2 Å². The van der Waals surface area contributed by atoms with Crippen molar-refractivity contribution in [1.82, 2.24) is 0 Å². The molecule has 3 nitrogen and oxygen atoms in total. The fourth-order valence-corrected chi connectivity index (χ4v) is 1.29. The second kappa shape index (κ2) is 19.4. The molecule has 0 aromatic heterocycles. The Kier molecular flexibility index (Phi) is 20.9. The van der Waals surface area contributed by atoms with Crippen molar-refractivity contribution in [3.05, 3.63) is 35.9 Å². The van der Waals surface area contributed by atoms with E-state index in [1.54, 1.807) is 0 Å². The second-order valence-electron chi connectivity index (χ2n) is 3.80. The van der Waals surface area contributed by atoms with Gasteiger partial charge in [0.1, 0.15) is 0 Å². The lowest BCUT2D eigenvalue weighted by atomic mass is 10.2. The SMILES string of the molecule is CC.CCN.NCCCCCOCc1ccccc1. The Labute approximate surface area is 119 Å². The second-order valence-corrected chi connectivity index (χ2v) is 3.80. The van der Waals surface area contributed by atoms with Gasteiger partial charge in [-0.2, -0.15) is 0 Å². The van der Waals surface area contributed by atoms with E-state index < -0.39 is 0 Å². The number of hydrogen-bond donors (Lipinski definition) is 2. The minimum atomic E-state index is 0.726. The fourth-order valence-electron chi connectivity index (χ4n) is 1.29. The van der Waals surface area contributed by atoms with Crippen LogP contribution in [0.1, 0.15) is 45.6 Å². The largest absolute Gasteiger partial charge is 0.377 e. The minimum absolute atomic E-state index is 0.726. The molecule has 0 radical (unpaired) electrons. The summed E-state index contributed by atoms with van der Waals surface area (Å²) in [5.74, 6) is 0. The Morgan fingerprint density at radius 2 is 1.53 bits per heavy atom. The van der Waals surface area contributed by atoms with E-state index in [1.165, 1.54) is 12.0 Å². The van der Waals surface area contributed by atoms with E-state index in [0.29, 0.717) is 0 Å². The molecule has 112 valence electrons. The van der Waals surface area contributed by atoms with E-state index >= 15 is 0 Å². The van der Waals surface area contributed by atoms with Crippen molar-refractivity contribution in [2.75, 3.05) is 19.7 Å². The van der Waals surface area contributed by atoms with Gasteiger partial charge in [0.25, 0.3) is 0 Å². The summed E-state index contributed by atoms with van der Waals surface area (Å²) in [6, 6.07) is 10.3.